The molecule has 2 aromatic carbocycles. The van der Waals surface area contributed by atoms with Crippen LogP contribution in [0.25, 0.3) is 0 Å². The molecule has 2 heteroatoms. The maximum Gasteiger partial charge on any atom is 0.311 e. The number of hydrogen-bond donors (Lipinski definition) is 1. The van der Waals surface area contributed by atoms with Crippen molar-refractivity contribution < 1.29 is 9.90 Å². The molecule has 0 heterocycles. The molecular formula is C20H24O2. The zero-order valence-corrected chi connectivity index (χ0v) is 13.8. The van der Waals surface area contributed by atoms with Gasteiger partial charge < -0.3 is 5.11 Å². The lowest BCUT2D eigenvalue weighted by atomic mass is 9.85. The van der Waals surface area contributed by atoms with E-state index in [1.54, 1.807) is 0 Å². The van der Waals surface area contributed by atoms with E-state index in [-0.39, 0.29) is 5.41 Å². The first-order valence-electron chi connectivity index (χ1n) is 7.67. The van der Waals surface area contributed by atoms with Gasteiger partial charge in [-0.1, -0.05) is 69.3 Å². The third-order valence-corrected chi connectivity index (χ3v) is 4.12. The molecule has 0 radical (unpaired) electrons. The third kappa shape index (κ3) is 3.76. The number of carbonyl (C=O) groups is 1. The largest absolute Gasteiger partial charge is 0.481 e. The van der Waals surface area contributed by atoms with Crippen molar-refractivity contribution in [3.63, 3.8) is 0 Å². The summed E-state index contributed by atoms with van der Waals surface area (Å²) in [4.78, 5) is 11.7. The molecule has 116 valence electrons. The molecule has 0 aliphatic rings. The molecule has 22 heavy (non-hydrogen) atoms. The number of carboxylic acids is 1. The van der Waals surface area contributed by atoms with Gasteiger partial charge >= 0.3 is 5.97 Å². The van der Waals surface area contributed by atoms with Crippen molar-refractivity contribution in [2.45, 2.75) is 45.4 Å². The van der Waals surface area contributed by atoms with E-state index in [0.717, 1.165) is 16.7 Å². The molecule has 1 N–H and O–H groups in total. The summed E-state index contributed by atoms with van der Waals surface area (Å²) in [6.07, 6.45) is 0.518. The Morgan fingerprint density at radius 1 is 1.05 bits per heavy atom. The van der Waals surface area contributed by atoms with Crippen LogP contribution in [-0.2, 0) is 16.6 Å². The molecule has 2 nitrogen and oxygen atoms in total. The zero-order valence-electron chi connectivity index (χ0n) is 13.8. The molecule has 0 aromatic heterocycles. The SMILES string of the molecule is Cc1ccccc1C(Cc1ccc(C(C)(C)C)cc1)C(=O)O. The number of hydrogen-bond acceptors (Lipinski definition) is 1. The minimum atomic E-state index is -0.769. The Kier molecular flexibility index (Phi) is 4.70. The highest BCUT2D eigenvalue weighted by Crippen LogP contribution is 2.26. The molecular weight excluding hydrogens is 272 g/mol. The molecule has 0 spiro atoms. The normalized spacial score (nSPS) is 12.9. The van der Waals surface area contributed by atoms with Gasteiger partial charge in [-0.3, -0.25) is 4.79 Å². The van der Waals surface area contributed by atoms with E-state index in [1.807, 2.05) is 31.2 Å². The van der Waals surface area contributed by atoms with Gasteiger partial charge in [0, 0.05) is 0 Å². The summed E-state index contributed by atoms with van der Waals surface area (Å²) in [5.74, 6) is -1.27. The molecule has 2 rings (SSSR count). The van der Waals surface area contributed by atoms with Crippen molar-refractivity contribution in [3.8, 4) is 0 Å². The lowest BCUT2D eigenvalue weighted by Gasteiger charge is -2.20. The third-order valence-electron chi connectivity index (χ3n) is 4.12. The second-order valence-electron chi connectivity index (χ2n) is 6.90. The Balaban J connectivity index is 2.26. The summed E-state index contributed by atoms with van der Waals surface area (Å²) < 4.78 is 0. The summed E-state index contributed by atoms with van der Waals surface area (Å²) >= 11 is 0. The van der Waals surface area contributed by atoms with E-state index < -0.39 is 11.9 Å². The topological polar surface area (TPSA) is 37.3 Å². The van der Waals surface area contributed by atoms with Gasteiger partial charge in [0.05, 0.1) is 5.92 Å². The van der Waals surface area contributed by atoms with Crippen LogP contribution in [0.15, 0.2) is 48.5 Å². The molecule has 1 atom stereocenters. The standard InChI is InChI=1S/C20H24O2/c1-14-7-5-6-8-17(14)18(19(21)22)13-15-9-11-16(12-10-15)20(2,3)4/h5-12,18H,13H2,1-4H3,(H,21,22). The van der Waals surface area contributed by atoms with Crippen molar-refractivity contribution in [3.05, 3.63) is 70.8 Å². The van der Waals surface area contributed by atoms with Crippen LogP contribution in [0.4, 0.5) is 0 Å². The zero-order chi connectivity index (χ0) is 16.3. The molecule has 0 aliphatic heterocycles. The molecule has 1 unspecified atom stereocenters. The summed E-state index contributed by atoms with van der Waals surface area (Å²) in [7, 11) is 0. The van der Waals surface area contributed by atoms with Crippen LogP contribution >= 0.6 is 0 Å². The van der Waals surface area contributed by atoms with E-state index in [4.69, 9.17) is 0 Å². The smallest absolute Gasteiger partial charge is 0.311 e. The van der Waals surface area contributed by atoms with Gasteiger partial charge in [0.15, 0.2) is 0 Å². The van der Waals surface area contributed by atoms with E-state index in [2.05, 4.69) is 45.0 Å². The lowest BCUT2D eigenvalue weighted by molar-refractivity contribution is -0.138. The minimum absolute atomic E-state index is 0.112. The van der Waals surface area contributed by atoms with Crippen LogP contribution in [0.5, 0.6) is 0 Å². The summed E-state index contributed by atoms with van der Waals surface area (Å²) in [5.41, 5.74) is 4.36. The van der Waals surface area contributed by atoms with Crippen LogP contribution in [0.2, 0.25) is 0 Å². The van der Waals surface area contributed by atoms with Gasteiger partial charge in [0.1, 0.15) is 0 Å². The minimum Gasteiger partial charge on any atom is -0.481 e. The van der Waals surface area contributed by atoms with E-state index >= 15 is 0 Å². The van der Waals surface area contributed by atoms with Crippen LogP contribution in [0.1, 0.15) is 48.9 Å². The first kappa shape index (κ1) is 16.3. The van der Waals surface area contributed by atoms with Crippen LogP contribution in [0.3, 0.4) is 0 Å². The van der Waals surface area contributed by atoms with Gasteiger partial charge in [0.25, 0.3) is 0 Å². The Labute approximate surface area is 132 Å². The molecule has 0 fully saturated rings. The Morgan fingerprint density at radius 2 is 1.64 bits per heavy atom. The van der Waals surface area contributed by atoms with Crippen LogP contribution in [-0.4, -0.2) is 11.1 Å². The maximum absolute atomic E-state index is 11.7. The second kappa shape index (κ2) is 6.35. The number of benzene rings is 2. The van der Waals surface area contributed by atoms with E-state index in [0.29, 0.717) is 6.42 Å². The maximum atomic E-state index is 11.7. The van der Waals surface area contributed by atoms with Gasteiger partial charge in [-0.05, 0) is 41.0 Å². The molecule has 2 aromatic rings. The fraction of sp³-hybridized carbons (Fsp3) is 0.350. The summed E-state index contributed by atoms with van der Waals surface area (Å²) in [6, 6.07) is 16.0. The highest BCUT2D eigenvalue weighted by Gasteiger charge is 2.22. The van der Waals surface area contributed by atoms with Crippen LogP contribution < -0.4 is 0 Å². The Hall–Kier alpha value is -2.09. The van der Waals surface area contributed by atoms with Gasteiger partial charge in [-0.25, -0.2) is 0 Å². The Bertz CT molecular complexity index is 648. The van der Waals surface area contributed by atoms with Crippen molar-refractivity contribution in [1.82, 2.24) is 0 Å². The fourth-order valence-corrected chi connectivity index (χ4v) is 2.68. The average Bonchev–Trinajstić information content (AvgIpc) is 2.45. The molecule has 0 saturated carbocycles. The predicted molar refractivity (Wildman–Crippen MR) is 90.4 cm³/mol. The first-order valence-corrected chi connectivity index (χ1v) is 7.67. The van der Waals surface area contributed by atoms with Gasteiger partial charge in [0.2, 0.25) is 0 Å². The molecule has 0 bridgehead atoms. The van der Waals surface area contributed by atoms with Gasteiger partial charge in [-0.15, -0.1) is 0 Å². The number of carboxylic acid groups (broad SMARTS) is 1. The second-order valence-corrected chi connectivity index (χ2v) is 6.90. The summed E-state index contributed by atoms with van der Waals surface area (Å²) in [6.45, 7) is 8.49. The van der Waals surface area contributed by atoms with Crippen molar-refractivity contribution in [2.24, 2.45) is 0 Å². The molecule has 0 saturated heterocycles. The highest BCUT2D eigenvalue weighted by molar-refractivity contribution is 5.77. The van der Waals surface area contributed by atoms with Crippen molar-refractivity contribution in [1.29, 1.82) is 0 Å². The fourth-order valence-electron chi connectivity index (χ4n) is 2.68. The predicted octanol–water partition coefficient (Wildman–Crippen LogP) is 4.70. The monoisotopic (exact) mass is 296 g/mol. The van der Waals surface area contributed by atoms with Crippen molar-refractivity contribution in [2.75, 3.05) is 0 Å². The van der Waals surface area contributed by atoms with Crippen LogP contribution in [0, 0.1) is 6.92 Å². The molecule has 0 aliphatic carbocycles. The summed E-state index contributed by atoms with van der Waals surface area (Å²) in [5, 5.41) is 9.60. The number of rotatable bonds is 4. The van der Waals surface area contributed by atoms with E-state index in [9.17, 15) is 9.90 Å². The lowest BCUT2D eigenvalue weighted by Crippen LogP contribution is -2.16. The number of aryl methyl sites for hydroxylation is 1. The van der Waals surface area contributed by atoms with Crippen molar-refractivity contribution >= 4 is 5.97 Å². The highest BCUT2D eigenvalue weighted by atomic mass is 16.4. The number of aliphatic carboxylic acids is 1. The van der Waals surface area contributed by atoms with Gasteiger partial charge in [-0.2, -0.15) is 0 Å². The quantitative estimate of drug-likeness (QED) is 0.887. The van der Waals surface area contributed by atoms with E-state index in [1.165, 1.54) is 5.56 Å². The molecule has 0 amide bonds. The average molecular weight is 296 g/mol. The Morgan fingerprint density at radius 3 is 2.14 bits per heavy atom. The first-order chi connectivity index (χ1) is 10.3.